The van der Waals surface area contributed by atoms with Crippen LogP contribution < -0.4 is 4.74 Å². The van der Waals surface area contributed by atoms with Crippen molar-refractivity contribution < 1.29 is 27.8 Å². The van der Waals surface area contributed by atoms with Crippen LogP contribution in [0.3, 0.4) is 0 Å². The molecule has 0 bridgehead atoms. The number of carbonyl (C=O) groups is 1. The van der Waals surface area contributed by atoms with Crippen LogP contribution in [0.25, 0.3) is 0 Å². The summed E-state index contributed by atoms with van der Waals surface area (Å²) in [5.74, 6) is 6.65. The monoisotopic (exact) mass is 492 g/mol. The Morgan fingerprint density at radius 1 is 1.35 bits per heavy atom. The first-order chi connectivity index (χ1) is 16.2. The van der Waals surface area contributed by atoms with Crippen molar-refractivity contribution in [2.45, 2.75) is 56.6 Å². The van der Waals surface area contributed by atoms with Gasteiger partial charge in [-0.3, -0.25) is 4.79 Å². The van der Waals surface area contributed by atoms with Gasteiger partial charge in [-0.25, -0.2) is 8.42 Å². The SMILES string of the molecule is COCC(=O)N(C)C[C@H]1Oc2cc(C#CC3CCCC3)ccc2S(=O)(=O)N([C@@H](C)CO)C[C@@H]1C. The Morgan fingerprint density at radius 2 is 2.06 bits per heavy atom. The van der Waals surface area contributed by atoms with Gasteiger partial charge in [0, 0.05) is 44.1 Å². The molecule has 3 atom stereocenters. The van der Waals surface area contributed by atoms with Crippen LogP contribution in [0.1, 0.15) is 45.1 Å². The number of carbonyl (C=O) groups excluding carboxylic acids is 1. The van der Waals surface area contributed by atoms with E-state index in [2.05, 4.69) is 11.8 Å². The second-order valence-corrected chi connectivity index (χ2v) is 11.2. The van der Waals surface area contributed by atoms with E-state index in [4.69, 9.17) is 9.47 Å². The molecule has 0 saturated heterocycles. The molecule has 3 rings (SSSR count). The molecule has 1 amide bonds. The number of ether oxygens (including phenoxy) is 2. The molecule has 1 fully saturated rings. The average molecular weight is 493 g/mol. The summed E-state index contributed by atoms with van der Waals surface area (Å²) in [5.41, 5.74) is 0.693. The molecule has 0 spiro atoms. The highest BCUT2D eigenvalue weighted by Crippen LogP contribution is 2.34. The first-order valence-electron chi connectivity index (χ1n) is 11.8. The molecular weight excluding hydrogens is 456 g/mol. The largest absolute Gasteiger partial charge is 0.487 e. The van der Waals surface area contributed by atoms with Crippen LogP contribution in [-0.4, -0.2) is 81.2 Å². The van der Waals surface area contributed by atoms with E-state index in [0.29, 0.717) is 11.5 Å². The normalized spacial score (nSPS) is 23.6. The van der Waals surface area contributed by atoms with Gasteiger partial charge in [0.1, 0.15) is 23.4 Å². The van der Waals surface area contributed by atoms with E-state index >= 15 is 0 Å². The molecule has 0 aromatic heterocycles. The van der Waals surface area contributed by atoms with Crippen molar-refractivity contribution in [1.29, 1.82) is 0 Å². The molecule has 188 valence electrons. The average Bonchev–Trinajstić information content (AvgIpc) is 3.33. The van der Waals surface area contributed by atoms with Crippen molar-refractivity contribution in [1.82, 2.24) is 9.21 Å². The zero-order valence-corrected chi connectivity index (χ0v) is 21.3. The number of sulfonamides is 1. The number of hydrogen-bond acceptors (Lipinski definition) is 6. The van der Waals surface area contributed by atoms with Crippen molar-refractivity contribution in [3.05, 3.63) is 23.8 Å². The third-order valence-corrected chi connectivity index (χ3v) is 8.61. The Bertz CT molecular complexity index is 1030. The van der Waals surface area contributed by atoms with Gasteiger partial charge in [0.2, 0.25) is 15.9 Å². The molecule has 1 aliphatic carbocycles. The fourth-order valence-corrected chi connectivity index (χ4v) is 6.21. The predicted molar refractivity (Wildman–Crippen MR) is 129 cm³/mol. The van der Waals surface area contributed by atoms with Crippen molar-refractivity contribution >= 4 is 15.9 Å². The Kier molecular flexibility index (Phi) is 8.99. The predicted octanol–water partition coefficient (Wildman–Crippen LogP) is 2.10. The molecule has 0 unspecified atom stereocenters. The van der Waals surface area contributed by atoms with Crippen LogP contribution in [0, 0.1) is 23.7 Å². The number of rotatable bonds is 6. The van der Waals surface area contributed by atoms with E-state index in [1.807, 2.05) is 6.92 Å². The summed E-state index contributed by atoms with van der Waals surface area (Å²) in [4.78, 5) is 13.9. The highest BCUT2D eigenvalue weighted by atomic mass is 32.2. The maximum absolute atomic E-state index is 13.5. The van der Waals surface area contributed by atoms with E-state index in [1.165, 1.54) is 35.2 Å². The fraction of sp³-hybridized carbons (Fsp3) is 0.640. The van der Waals surface area contributed by atoms with E-state index in [9.17, 15) is 18.3 Å². The minimum absolute atomic E-state index is 0.0435. The Labute approximate surface area is 203 Å². The van der Waals surface area contributed by atoms with E-state index in [-0.39, 0.29) is 48.8 Å². The summed E-state index contributed by atoms with van der Waals surface area (Å²) in [6.45, 7) is 3.64. The molecule has 34 heavy (non-hydrogen) atoms. The summed E-state index contributed by atoms with van der Waals surface area (Å²) in [5, 5.41) is 9.75. The molecule has 1 aliphatic heterocycles. The fourth-order valence-electron chi connectivity index (χ4n) is 4.38. The molecule has 0 radical (unpaired) electrons. The number of aliphatic hydroxyl groups is 1. The van der Waals surface area contributed by atoms with Crippen LogP contribution in [0.5, 0.6) is 5.75 Å². The van der Waals surface area contributed by atoms with Gasteiger partial charge in [-0.05, 0) is 38.0 Å². The first kappa shape index (κ1) is 26.5. The second-order valence-electron chi connectivity index (χ2n) is 9.36. The maximum atomic E-state index is 13.5. The smallest absolute Gasteiger partial charge is 0.248 e. The molecule has 1 heterocycles. The zero-order valence-electron chi connectivity index (χ0n) is 20.5. The minimum Gasteiger partial charge on any atom is -0.487 e. The van der Waals surface area contributed by atoms with Gasteiger partial charge in [0.15, 0.2) is 0 Å². The van der Waals surface area contributed by atoms with Crippen LogP contribution in [0.4, 0.5) is 0 Å². The van der Waals surface area contributed by atoms with Crippen molar-refractivity contribution in [2.24, 2.45) is 11.8 Å². The molecule has 1 saturated carbocycles. The number of benzene rings is 1. The molecule has 2 aliphatic rings. The van der Waals surface area contributed by atoms with Gasteiger partial charge in [0.25, 0.3) is 0 Å². The highest BCUT2D eigenvalue weighted by molar-refractivity contribution is 7.89. The Morgan fingerprint density at radius 3 is 2.71 bits per heavy atom. The zero-order chi connectivity index (χ0) is 24.9. The highest BCUT2D eigenvalue weighted by Gasteiger charge is 2.38. The summed E-state index contributed by atoms with van der Waals surface area (Å²) >= 11 is 0. The topological polar surface area (TPSA) is 96.4 Å². The van der Waals surface area contributed by atoms with Crippen LogP contribution in [-0.2, 0) is 19.6 Å². The quantitative estimate of drug-likeness (QED) is 0.611. The van der Waals surface area contributed by atoms with Crippen molar-refractivity contribution in [3.63, 3.8) is 0 Å². The maximum Gasteiger partial charge on any atom is 0.248 e. The second kappa shape index (κ2) is 11.5. The number of hydrogen-bond donors (Lipinski definition) is 1. The standard InChI is InChI=1S/C25H36N2O6S/c1-18-14-27(19(2)16-28)34(30,31)24-12-11-21(10-9-20-7-5-6-8-20)13-22(24)33-23(18)15-26(3)25(29)17-32-4/h11-13,18-20,23,28H,5-8,14-17H2,1-4H3/t18-,19-,23+/m0/s1. The summed E-state index contributed by atoms with van der Waals surface area (Å²) in [6.07, 6.45) is 4.11. The lowest BCUT2D eigenvalue weighted by molar-refractivity contribution is -0.135. The van der Waals surface area contributed by atoms with E-state index < -0.39 is 22.2 Å². The lowest BCUT2D eigenvalue weighted by Crippen LogP contribution is -2.50. The van der Waals surface area contributed by atoms with Gasteiger partial charge in [-0.15, -0.1) is 0 Å². The lowest BCUT2D eigenvalue weighted by atomic mass is 10.0. The third kappa shape index (κ3) is 6.11. The number of likely N-dealkylation sites (N-methyl/N-ethyl adjacent to an activating group) is 1. The minimum atomic E-state index is -3.91. The molecule has 1 aromatic carbocycles. The summed E-state index contributed by atoms with van der Waals surface area (Å²) < 4.78 is 39.7. The molecule has 8 nitrogen and oxygen atoms in total. The van der Waals surface area contributed by atoms with Crippen LogP contribution in [0.15, 0.2) is 23.1 Å². The van der Waals surface area contributed by atoms with Gasteiger partial charge < -0.3 is 19.5 Å². The number of methoxy groups -OCH3 is 1. The number of fused-ring (bicyclic) bond motifs is 1. The Hall–Kier alpha value is -2.12. The molecule has 1 N–H and O–H groups in total. The van der Waals surface area contributed by atoms with Crippen molar-refractivity contribution in [2.75, 3.05) is 40.5 Å². The molecular formula is C25H36N2O6S. The summed E-state index contributed by atoms with van der Waals surface area (Å²) in [6, 6.07) is 4.32. The third-order valence-electron chi connectivity index (χ3n) is 6.59. The number of aliphatic hydroxyl groups excluding tert-OH is 1. The van der Waals surface area contributed by atoms with E-state index in [1.54, 1.807) is 26.1 Å². The summed E-state index contributed by atoms with van der Waals surface area (Å²) in [7, 11) is -0.777. The van der Waals surface area contributed by atoms with Crippen LogP contribution >= 0.6 is 0 Å². The first-order valence-corrected chi connectivity index (χ1v) is 13.3. The Balaban J connectivity index is 2.00. The van der Waals surface area contributed by atoms with Gasteiger partial charge in [-0.1, -0.05) is 31.6 Å². The molecule has 1 aromatic rings. The molecule has 9 heteroatoms. The number of nitrogens with zero attached hydrogens (tertiary/aromatic N) is 2. The van der Waals surface area contributed by atoms with Gasteiger partial charge in [0.05, 0.1) is 13.2 Å². The van der Waals surface area contributed by atoms with Gasteiger partial charge in [-0.2, -0.15) is 4.31 Å². The van der Waals surface area contributed by atoms with Crippen LogP contribution in [0.2, 0.25) is 0 Å². The van der Waals surface area contributed by atoms with Crippen molar-refractivity contribution in [3.8, 4) is 17.6 Å². The number of amides is 1. The lowest BCUT2D eigenvalue weighted by Gasteiger charge is -2.37. The van der Waals surface area contributed by atoms with E-state index in [0.717, 1.165) is 12.8 Å². The van der Waals surface area contributed by atoms with Gasteiger partial charge >= 0.3 is 0 Å².